The lowest BCUT2D eigenvalue weighted by atomic mass is 10.1. The summed E-state index contributed by atoms with van der Waals surface area (Å²) in [6.45, 7) is 0. The van der Waals surface area contributed by atoms with Gasteiger partial charge in [-0.2, -0.15) is 13.2 Å². The van der Waals surface area contributed by atoms with E-state index >= 15 is 0 Å². The van der Waals surface area contributed by atoms with Crippen LogP contribution in [0, 0.1) is 3.70 Å². The van der Waals surface area contributed by atoms with Crippen LogP contribution >= 0.6 is 22.6 Å². The van der Waals surface area contributed by atoms with Crippen LogP contribution < -0.4 is 4.74 Å². The molecule has 0 saturated heterocycles. The molecule has 0 aliphatic rings. The van der Waals surface area contributed by atoms with E-state index in [1.54, 1.807) is 0 Å². The molecule has 0 spiro atoms. The lowest BCUT2D eigenvalue weighted by Gasteiger charge is -2.18. The molecule has 0 atom stereocenters. The number of alkyl halides is 6. The lowest BCUT2D eigenvalue weighted by Crippen LogP contribution is -2.23. The van der Waals surface area contributed by atoms with Crippen molar-refractivity contribution >= 4 is 28.6 Å². The van der Waals surface area contributed by atoms with E-state index in [0.29, 0.717) is 0 Å². The van der Waals surface area contributed by atoms with Crippen molar-refractivity contribution in [3.8, 4) is 5.75 Å². The molecule has 1 heterocycles. The number of rotatable bonds is 2. The summed E-state index contributed by atoms with van der Waals surface area (Å²) in [6, 6.07) is 0. The minimum atomic E-state index is -5.36. The first kappa shape index (κ1) is 16.8. The van der Waals surface area contributed by atoms with Crippen LogP contribution in [0.1, 0.15) is 15.9 Å². The van der Waals surface area contributed by atoms with E-state index in [1.807, 2.05) is 0 Å². The van der Waals surface area contributed by atoms with Crippen molar-refractivity contribution in [3.63, 3.8) is 0 Å². The molecule has 112 valence electrons. The highest BCUT2D eigenvalue weighted by Crippen LogP contribution is 2.41. The standard InChI is InChI=1S/C9H4F6INO3/c1-19-7(18)4-5(8(10,11)12)3(2-17-6(4)16)20-9(13,14)15/h2H,1H3. The molecule has 11 heteroatoms. The van der Waals surface area contributed by atoms with Gasteiger partial charge in [0.1, 0.15) is 14.8 Å². The van der Waals surface area contributed by atoms with Crippen molar-refractivity contribution in [2.45, 2.75) is 12.5 Å². The van der Waals surface area contributed by atoms with E-state index in [-0.39, 0.29) is 6.20 Å². The Hall–Kier alpha value is -1.27. The van der Waals surface area contributed by atoms with Crippen LogP contribution in [0.4, 0.5) is 26.3 Å². The van der Waals surface area contributed by atoms with Gasteiger partial charge in [-0.1, -0.05) is 0 Å². The van der Waals surface area contributed by atoms with Gasteiger partial charge < -0.3 is 9.47 Å². The predicted octanol–water partition coefficient (Wildman–Crippen LogP) is 3.39. The fraction of sp³-hybridized carbons (Fsp3) is 0.333. The number of carbonyl (C=O) groups excluding carboxylic acids is 1. The molecule has 1 aromatic heterocycles. The van der Waals surface area contributed by atoms with Gasteiger partial charge in [-0.15, -0.1) is 13.2 Å². The maximum atomic E-state index is 12.9. The summed E-state index contributed by atoms with van der Waals surface area (Å²) in [5.41, 5.74) is -3.02. The molecule has 1 rings (SSSR count). The number of esters is 1. The second kappa shape index (κ2) is 5.61. The number of pyridine rings is 1. The third-order valence-electron chi connectivity index (χ3n) is 1.90. The number of halogens is 7. The van der Waals surface area contributed by atoms with Crippen molar-refractivity contribution in [2.24, 2.45) is 0 Å². The van der Waals surface area contributed by atoms with Crippen molar-refractivity contribution < 1.29 is 40.6 Å². The molecule has 1 aromatic rings. The Labute approximate surface area is 121 Å². The molecule has 0 unspecified atom stereocenters. The fourth-order valence-electron chi connectivity index (χ4n) is 1.24. The zero-order valence-corrected chi connectivity index (χ0v) is 11.6. The van der Waals surface area contributed by atoms with Crippen LogP contribution in [0.5, 0.6) is 5.75 Å². The van der Waals surface area contributed by atoms with Gasteiger partial charge in [-0.3, -0.25) is 0 Å². The number of hydrogen-bond acceptors (Lipinski definition) is 4. The Balaban J connectivity index is 3.58. The summed E-state index contributed by atoms with van der Waals surface area (Å²) >= 11 is 1.27. The molecule has 0 saturated carbocycles. The zero-order chi connectivity index (χ0) is 15.7. The van der Waals surface area contributed by atoms with Crippen molar-refractivity contribution in [1.29, 1.82) is 0 Å². The van der Waals surface area contributed by atoms with Gasteiger partial charge >= 0.3 is 18.5 Å². The fourth-order valence-corrected chi connectivity index (χ4v) is 1.87. The minimum absolute atomic E-state index is 0.241. The molecule has 4 nitrogen and oxygen atoms in total. The van der Waals surface area contributed by atoms with Crippen molar-refractivity contribution in [3.05, 3.63) is 21.0 Å². The highest BCUT2D eigenvalue weighted by Gasteiger charge is 2.44. The van der Waals surface area contributed by atoms with Crippen molar-refractivity contribution in [1.82, 2.24) is 4.98 Å². The van der Waals surface area contributed by atoms with Gasteiger partial charge in [-0.25, -0.2) is 9.78 Å². The van der Waals surface area contributed by atoms with Gasteiger partial charge in [0.05, 0.1) is 13.3 Å². The lowest BCUT2D eigenvalue weighted by molar-refractivity contribution is -0.276. The summed E-state index contributed by atoms with van der Waals surface area (Å²) in [7, 11) is 0.788. The second-order valence-corrected chi connectivity index (χ2v) is 4.22. The van der Waals surface area contributed by atoms with Gasteiger partial charge in [0.2, 0.25) is 0 Å². The molecule has 0 bridgehead atoms. The normalized spacial score (nSPS) is 12.2. The second-order valence-electron chi connectivity index (χ2n) is 3.20. The van der Waals surface area contributed by atoms with E-state index in [0.717, 1.165) is 7.11 Å². The average Bonchev–Trinajstić information content (AvgIpc) is 2.26. The van der Waals surface area contributed by atoms with Crippen LogP contribution in [-0.2, 0) is 10.9 Å². The molecular weight excluding hydrogens is 411 g/mol. The Bertz CT molecular complexity index is 528. The molecule has 0 aliphatic carbocycles. The molecule has 0 amide bonds. The number of hydrogen-bond donors (Lipinski definition) is 0. The van der Waals surface area contributed by atoms with Crippen LogP contribution in [0.25, 0.3) is 0 Å². The molecule has 0 radical (unpaired) electrons. The molecule has 0 fully saturated rings. The Morgan fingerprint density at radius 1 is 1.25 bits per heavy atom. The summed E-state index contributed by atoms with van der Waals surface area (Å²) in [5, 5.41) is 0. The van der Waals surface area contributed by atoms with E-state index in [9.17, 15) is 31.1 Å². The molecule has 0 N–H and O–H groups in total. The van der Waals surface area contributed by atoms with E-state index in [1.165, 1.54) is 22.6 Å². The average molecular weight is 415 g/mol. The summed E-state index contributed by atoms with van der Waals surface area (Å²) < 4.78 is 81.8. The maximum Gasteiger partial charge on any atom is 0.573 e. The SMILES string of the molecule is COC(=O)c1c(I)ncc(OC(F)(F)F)c1C(F)(F)F. The summed E-state index contributed by atoms with van der Waals surface area (Å²) in [5.74, 6) is -3.09. The topological polar surface area (TPSA) is 48.4 Å². The molecule has 20 heavy (non-hydrogen) atoms. The molecule has 0 aromatic carbocycles. The van der Waals surface area contributed by atoms with Gasteiger partial charge in [-0.05, 0) is 22.6 Å². The minimum Gasteiger partial charge on any atom is -0.465 e. The van der Waals surface area contributed by atoms with Crippen LogP contribution in [0.3, 0.4) is 0 Å². The number of methoxy groups -OCH3 is 1. The number of nitrogens with zero attached hydrogens (tertiary/aromatic N) is 1. The van der Waals surface area contributed by atoms with Gasteiger partial charge in [0, 0.05) is 0 Å². The molecular formula is C9H4F6INO3. The highest BCUT2D eigenvalue weighted by atomic mass is 127. The molecule has 0 aliphatic heterocycles. The first-order valence-corrected chi connectivity index (χ1v) is 5.65. The van der Waals surface area contributed by atoms with E-state index in [4.69, 9.17) is 0 Å². The van der Waals surface area contributed by atoms with E-state index < -0.39 is 39.1 Å². The maximum absolute atomic E-state index is 12.9. The largest absolute Gasteiger partial charge is 0.573 e. The first-order chi connectivity index (χ1) is 8.97. The smallest absolute Gasteiger partial charge is 0.465 e. The highest BCUT2D eigenvalue weighted by molar-refractivity contribution is 14.1. The third kappa shape index (κ3) is 3.86. The number of ether oxygens (including phenoxy) is 2. The Kier molecular flexibility index (Phi) is 4.71. The van der Waals surface area contributed by atoms with Gasteiger partial charge in [0.15, 0.2) is 5.75 Å². The zero-order valence-electron chi connectivity index (χ0n) is 9.40. The number of carbonyl (C=O) groups is 1. The third-order valence-corrected chi connectivity index (χ3v) is 2.71. The van der Waals surface area contributed by atoms with Crippen LogP contribution in [0.15, 0.2) is 6.20 Å². The summed E-state index contributed by atoms with van der Waals surface area (Å²) in [4.78, 5) is 14.6. The van der Waals surface area contributed by atoms with Crippen LogP contribution in [0.2, 0.25) is 0 Å². The van der Waals surface area contributed by atoms with E-state index in [2.05, 4.69) is 14.5 Å². The Morgan fingerprint density at radius 2 is 1.80 bits per heavy atom. The first-order valence-electron chi connectivity index (χ1n) is 4.57. The van der Waals surface area contributed by atoms with Crippen molar-refractivity contribution in [2.75, 3.05) is 7.11 Å². The Morgan fingerprint density at radius 3 is 2.20 bits per heavy atom. The van der Waals surface area contributed by atoms with Crippen LogP contribution in [-0.4, -0.2) is 24.4 Å². The number of aromatic nitrogens is 1. The quantitative estimate of drug-likeness (QED) is 0.322. The summed E-state index contributed by atoms with van der Waals surface area (Å²) in [6.07, 6.45) is -10.4. The predicted molar refractivity (Wildman–Crippen MR) is 60.0 cm³/mol. The van der Waals surface area contributed by atoms with Gasteiger partial charge in [0.25, 0.3) is 0 Å². The monoisotopic (exact) mass is 415 g/mol.